The van der Waals surface area contributed by atoms with E-state index in [9.17, 15) is 4.79 Å². The molecule has 1 aromatic rings. The SMILES string of the molecule is CCC(C)CC(C)NC(=O)c1cc(Cl)nc(NC)c1. The summed E-state index contributed by atoms with van der Waals surface area (Å²) in [4.78, 5) is 16.2. The molecule has 0 aliphatic rings. The van der Waals surface area contributed by atoms with Gasteiger partial charge in [0.1, 0.15) is 11.0 Å². The van der Waals surface area contributed by atoms with Gasteiger partial charge >= 0.3 is 0 Å². The Morgan fingerprint density at radius 1 is 1.42 bits per heavy atom. The van der Waals surface area contributed by atoms with Crippen LogP contribution < -0.4 is 10.6 Å². The third kappa shape index (κ3) is 5.07. The Morgan fingerprint density at radius 3 is 2.68 bits per heavy atom. The second kappa shape index (κ2) is 7.34. The van der Waals surface area contributed by atoms with Crippen LogP contribution in [0, 0.1) is 5.92 Å². The van der Waals surface area contributed by atoms with Gasteiger partial charge in [0.2, 0.25) is 0 Å². The Hall–Kier alpha value is -1.29. The lowest BCUT2D eigenvalue weighted by molar-refractivity contribution is 0.0935. The average Bonchev–Trinajstić information content (AvgIpc) is 2.37. The van der Waals surface area contributed by atoms with Crippen molar-refractivity contribution in [3.63, 3.8) is 0 Å². The van der Waals surface area contributed by atoms with E-state index in [1.807, 2.05) is 6.92 Å². The first-order chi connectivity index (χ1) is 8.96. The third-order valence-corrected chi connectivity index (χ3v) is 3.34. The van der Waals surface area contributed by atoms with Crippen molar-refractivity contribution in [3.05, 3.63) is 22.8 Å². The van der Waals surface area contributed by atoms with E-state index in [4.69, 9.17) is 11.6 Å². The molecule has 0 saturated carbocycles. The fourth-order valence-corrected chi connectivity index (χ4v) is 2.10. The predicted octanol–water partition coefficient (Wildman–Crippen LogP) is 3.33. The molecule has 0 fully saturated rings. The molecule has 5 heteroatoms. The largest absolute Gasteiger partial charge is 0.373 e. The zero-order valence-electron chi connectivity index (χ0n) is 12.0. The van der Waals surface area contributed by atoms with E-state index < -0.39 is 0 Å². The minimum Gasteiger partial charge on any atom is -0.373 e. The minimum absolute atomic E-state index is 0.114. The predicted molar refractivity (Wildman–Crippen MR) is 79.8 cm³/mol. The fourth-order valence-electron chi connectivity index (χ4n) is 1.89. The van der Waals surface area contributed by atoms with Gasteiger partial charge < -0.3 is 10.6 Å². The molecule has 2 atom stereocenters. The number of hydrogen-bond acceptors (Lipinski definition) is 3. The Balaban J connectivity index is 2.70. The first kappa shape index (κ1) is 15.8. The van der Waals surface area contributed by atoms with Gasteiger partial charge in [-0.15, -0.1) is 0 Å². The van der Waals surface area contributed by atoms with E-state index in [-0.39, 0.29) is 11.9 Å². The van der Waals surface area contributed by atoms with Gasteiger partial charge in [-0.1, -0.05) is 31.9 Å². The van der Waals surface area contributed by atoms with Crippen LogP contribution >= 0.6 is 11.6 Å². The van der Waals surface area contributed by atoms with Crippen molar-refractivity contribution in [2.24, 2.45) is 5.92 Å². The number of nitrogens with zero attached hydrogens (tertiary/aromatic N) is 1. The standard InChI is InChI=1S/C14H22ClN3O/c1-5-9(2)6-10(3)17-14(19)11-7-12(15)18-13(8-11)16-4/h7-10H,5-6H2,1-4H3,(H,16,18)(H,17,19). The summed E-state index contributed by atoms with van der Waals surface area (Å²) >= 11 is 5.89. The summed E-state index contributed by atoms with van der Waals surface area (Å²) in [6.07, 6.45) is 2.09. The first-order valence-electron chi connectivity index (χ1n) is 6.62. The number of amides is 1. The molecule has 1 amide bonds. The van der Waals surface area contributed by atoms with Crippen LogP contribution in [0.1, 0.15) is 44.0 Å². The van der Waals surface area contributed by atoms with Crippen LogP contribution in [-0.4, -0.2) is 24.0 Å². The number of nitrogens with one attached hydrogen (secondary N) is 2. The van der Waals surface area contributed by atoms with Gasteiger partial charge in [0.15, 0.2) is 0 Å². The van der Waals surface area contributed by atoms with E-state index in [1.165, 1.54) is 0 Å². The molecule has 4 nitrogen and oxygen atoms in total. The molecule has 106 valence electrons. The van der Waals surface area contributed by atoms with Crippen molar-refractivity contribution in [2.75, 3.05) is 12.4 Å². The maximum Gasteiger partial charge on any atom is 0.251 e. The van der Waals surface area contributed by atoms with Crippen LogP contribution in [0.2, 0.25) is 5.15 Å². The molecular weight excluding hydrogens is 262 g/mol. The molecule has 2 N–H and O–H groups in total. The van der Waals surface area contributed by atoms with Gasteiger partial charge in [0.25, 0.3) is 5.91 Å². The van der Waals surface area contributed by atoms with Gasteiger partial charge in [-0.25, -0.2) is 4.98 Å². The summed E-state index contributed by atoms with van der Waals surface area (Å²) in [7, 11) is 1.74. The minimum atomic E-state index is -0.114. The number of aromatic nitrogens is 1. The lowest BCUT2D eigenvalue weighted by Crippen LogP contribution is -2.33. The lowest BCUT2D eigenvalue weighted by Gasteiger charge is -2.17. The zero-order valence-corrected chi connectivity index (χ0v) is 12.7. The summed E-state index contributed by atoms with van der Waals surface area (Å²) in [5, 5.41) is 6.18. The van der Waals surface area contributed by atoms with Crippen LogP contribution in [-0.2, 0) is 0 Å². The maximum absolute atomic E-state index is 12.1. The molecule has 2 unspecified atom stereocenters. The zero-order chi connectivity index (χ0) is 14.4. The van der Waals surface area contributed by atoms with E-state index >= 15 is 0 Å². The maximum atomic E-state index is 12.1. The topological polar surface area (TPSA) is 54.0 Å². The number of pyridine rings is 1. The van der Waals surface area contributed by atoms with Crippen molar-refractivity contribution >= 4 is 23.3 Å². The average molecular weight is 284 g/mol. The lowest BCUT2D eigenvalue weighted by atomic mass is 10.0. The molecule has 0 bridgehead atoms. The van der Waals surface area contributed by atoms with Crippen LogP contribution in [0.25, 0.3) is 0 Å². The van der Waals surface area contributed by atoms with Gasteiger partial charge in [0, 0.05) is 18.7 Å². The van der Waals surface area contributed by atoms with Gasteiger partial charge in [-0.05, 0) is 31.4 Å². The van der Waals surface area contributed by atoms with Crippen molar-refractivity contribution in [1.82, 2.24) is 10.3 Å². The van der Waals surface area contributed by atoms with Crippen LogP contribution in [0.15, 0.2) is 12.1 Å². The van der Waals surface area contributed by atoms with Crippen LogP contribution in [0.3, 0.4) is 0 Å². The van der Waals surface area contributed by atoms with Gasteiger partial charge in [-0.3, -0.25) is 4.79 Å². The van der Waals surface area contributed by atoms with Gasteiger partial charge in [0.05, 0.1) is 0 Å². The quantitative estimate of drug-likeness (QED) is 0.788. The summed E-state index contributed by atoms with van der Waals surface area (Å²) < 4.78 is 0. The molecule has 0 aliphatic heterocycles. The fraction of sp³-hybridized carbons (Fsp3) is 0.571. The Morgan fingerprint density at radius 2 is 2.11 bits per heavy atom. The number of rotatable bonds is 6. The second-order valence-electron chi connectivity index (χ2n) is 4.94. The van der Waals surface area contributed by atoms with E-state index in [2.05, 4.69) is 29.5 Å². The van der Waals surface area contributed by atoms with Crippen molar-refractivity contribution in [1.29, 1.82) is 0 Å². The van der Waals surface area contributed by atoms with E-state index in [0.717, 1.165) is 12.8 Å². The number of carbonyl (C=O) groups is 1. The van der Waals surface area contributed by atoms with E-state index in [0.29, 0.717) is 22.5 Å². The second-order valence-corrected chi connectivity index (χ2v) is 5.32. The molecule has 1 heterocycles. The molecule has 0 saturated heterocycles. The van der Waals surface area contributed by atoms with Crippen molar-refractivity contribution in [2.45, 2.75) is 39.7 Å². The molecule has 0 spiro atoms. The Bertz CT molecular complexity index is 437. The molecule has 0 aliphatic carbocycles. The smallest absolute Gasteiger partial charge is 0.251 e. The number of halogens is 1. The Kier molecular flexibility index (Phi) is 6.09. The highest BCUT2D eigenvalue weighted by Crippen LogP contribution is 2.15. The molecular formula is C14H22ClN3O. The van der Waals surface area contributed by atoms with E-state index in [1.54, 1.807) is 19.2 Å². The Labute approximate surface area is 120 Å². The summed E-state index contributed by atoms with van der Waals surface area (Å²) in [5.41, 5.74) is 0.528. The summed E-state index contributed by atoms with van der Waals surface area (Å²) in [6, 6.07) is 3.41. The number of anilines is 1. The molecule has 1 aromatic heterocycles. The van der Waals surface area contributed by atoms with Crippen molar-refractivity contribution in [3.8, 4) is 0 Å². The number of carbonyl (C=O) groups excluding carboxylic acids is 1. The molecule has 0 aromatic carbocycles. The highest BCUT2D eigenvalue weighted by Gasteiger charge is 2.13. The monoisotopic (exact) mass is 283 g/mol. The normalized spacial score (nSPS) is 13.7. The van der Waals surface area contributed by atoms with Crippen LogP contribution in [0.4, 0.5) is 5.82 Å². The summed E-state index contributed by atoms with van der Waals surface area (Å²) in [6.45, 7) is 6.36. The molecule has 0 radical (unpaired) electrons. The summed E-state index contributed by atoms with van der Waals surface area (Å²) in [5.74, 6) is 1.08. The van der Waals surface area contributed by atoms with Crippen LogP contribution in [0.5, 0.6) is 0 Å². The molecule has 1 rings (SSSR count). The first-order valence-corrected chi connectivity index (χ1v) is 7.00. The highest BCUT2D eigenvalue weighted by atomic mass is 35.5. The molecule has 19 heavy (non-hydrogen) atoms. The van der Waals surface area contributed by atoms with Crippen molar-refractivity contribution < 1.29 is 4.79 Å². The third-order valence-electron chi connectivity index (χ3n) is 3.14. The van der Waals surface area contributed by atoms with Gasteiger partial charge in [-0.2, -0.15) is 0 Å². The number of hydrogen-bond donors (Lipinski definition) is 2. The highest BCUT2D eigenvalue weighted by molar-refractivity contribution is 6.29.